The summed E-state index contributed by atoms with van der Waals surface area (Å²) in [5.41, 5.74) is 0.567. The number of hydrogen-bond donors (Lipinski definition) is 2. The number of aliphatic hydroxyl groups is 2. The second-order valence-electron chi connectivity index (χ2n) is 2.85. The molecule has 1 aromatic carbocycles. The maximum Gasteiger partial charge on any atom is 0.106 e. The summed E-state index contributed by atoms with van der Waals surface area (Å²) in [5.74, 6) is 0. The molecular weight excluding hydrogens is 302 g/mol. The van der Waals surface area contributed by atoms with E-state index in [1.807, 2.05) is 6.07 Å². The van der Waals surface area contributed by atoms with Gasteiger partial charge in [-0.3, -0.25) is 0 Å². The fourth-order valence-electron chi connectivity index (χ4n) is 1.00. The van der Waals surface area contributed by atoms with E-state index >= 15 is 0 Å². The Bertz CT molecular complexity index is 302. The van der Waals surface area contributed by atoms with Gasteiger partial charge >= 0.3 is 0 Å². The van der Waals surface area contributed by atoms with Gasteiger partial charge in [0.25, 0.3) is 0 Å². The molecule has 0 amide bonds. The highest BCUT2D eigenvalue weighted by Crippen LogP contribution is 2.26. The monoisotopic (exact) mass is 312 g/mol. The molecule has 2 atom stereocenters. The Balaban J connectivity index is 3.01. The van der Waals surface area contributed by atoms with Crippen molar-refractivity contribution in [2.75, 3.05) is 0 Å². The summed E-state index contributed by atoms with van der Waals surface area (Å²) in [4.78, 5) is 0. The Hall–Kier alpha value is 0.160. The highest BCUT2D eigenvalue weighted by atomic mass is 127. The van der Waals surface area contributed by atoms with Gasteiger partial charge in [0.05, 0.1) is 6.10 Å². The van der Waals surface area contributed by atoms with E-state index in [0.717, 1.165) is 3.57 Å². The molecule has 0 fully saturated rings. The highest BCUT2D eigenvalue weighted by molar-refractivity contribution is 14.1. The lowest BCUT2D eigenvalue weighted by molar-refractivity contribution is 0.0306. The molecule has 0 spiro atoms. The van der Waals surface area contributed by atoms with Crippen LogP contribution >= 0.6 is 34.2 Å². The molecule has 0 aliphatic carbocycles. The molecule has 1 aromatic rings. The standard InChI is InChI=1S/C9H10ClIO2/c1-5(12)9(13)7-3-2-6(11)4-8(7)10/h2-5,9,12-13H,1H3/t5-,9+/m1/s1. The van der Waals surface area contributed by atoms with E-state index in [2.05, 4.69) is 22.6 Å². The fraction of sp³-hybridized carbons (Fsp3) is 0.333. The van der Waals surface area contributed by atoms with Crippen LogP contribution < -0.4 is 0 Å². The van der Waals surface area contributed by atoms with Crippen molar-refractivity contribution in [2.45, 2.75) is 19.1 Å². The maximum absolute atomic E-state index is 9.53. The minimum atomic E-state index is -0.913. The Morgan fingerprint density at radius 1 is 1.38 bits per heavy atom. The minimum Gasteiger partial charge on any atom is -0.390 e. The molecule has 2 nitrogen and oxygen atoms in total. The lowest BCUT2D eigenvalue weighted by Gasteiger charge is -2.15. The molecule has 0 radical (unpaired) electrons. The summed E-state index contributed by atoms with van der Waals surface area (Å²) < 4.78 is 1.00. The Morgan fingerprint density at radius 2 is 2.00 bits per heavy atom. The molecule has 13 heavy (non-hydrogen) atoms. The average Bonchev–Trinajstić information content (AvgIpc) is 2.03. The number of hydrogen-bond acceptors (Lipinski definition) is 2. The maximum atomic E-state index is 9.53. The third-order valence-electron chi connectivity index (χ3n) is 1.74. The minimum absolute atomic E-state index is 0.486. The van der Waals surface area contributed by atoms with E-state index in [1.165, 1.54) is 6.92 Å². The largest absolute Gasteiger partial charge is 0.390 e. The Labute approximate surface area is 95.7 Å². The van der Waals surface area contributed by atoms with E-state index in [0.29, 0.717) is 10.6 Å². The first-order valence-corrected chi connectivity index (χ1v) is 5.29. The van der Waals surface area contributed by atoms with Crippen LogP contribution in [0.15, 0.2) is 18.2 Å². The number of rotatable bonds is 2. The van der Waals surface area contributed by atoms with Crippen molar-refractivity contribution in [1.82, 2.24) is 0 Å². The first-order chi connectivity index (χ1) is 6.02. The van der Waals surface area contributed by atoms with Gasteiger partial charge in [-0.25, -0.2) is 0 Å². The summed E-state index contributed by atoms with van der Waals surface area (Å²) in [6, 6.07) is 5.32. The summed E-state index contributed by atoms with van der Waals surface area (Å²) in [7, 11) is 0. The molecule has 72 valence electrons. The van der Waals surface area contributed by atoms with Gasteiger partial charge in [0, 0.05) is 14.2 Å². The van der Waals surface area contributed by atoms with Crippen molar-refractivity contribution in [3.63, 3.8) is 0 Å². The number of aliphatic hydroxyl groups excluding tert-OH is 2. The topological polar surface area (TPSA) is 40.5 Å². The van der Waals surface area contributed by atoms with Crippen LogP contribution in [-0.4, -0.2) is 16.3 Å². The van der Waals surface area contributed by atoms with Crippen LogP contribution in [0.25, 0.3) is 0 Å². The van der Waals surface area contributed by atoms with Crippen LogP contribution in [0.2, 0.25) is 5.02 Å². The lowest BCUT2D eigenvalue weighted by atomic mass is 10.1. The Morgan fingerprint density at radius 3 is 2.46 bits per heavy atom. The second-order valence-corrected chi connectivity index (χ2v) is 4.50. The van der Waals surface area contributed by atoms with Crippen molar-refractivity contribution in [2.24, 2.45) is 0 Å². The van der Waals surface area contributed by atoms with Crippen molar-refractivity contribution >= 4 is 34.2 Å². The smallest absolute Gasteiger partial charge is 0.106 e. The van der Waals surface area contributed by atoms with Crippen molar-refractivity contribution in [3.8, 4) is 0 Å². The molecular formula is C9H10ClIO2. The van der Waals surface area contributed by atoms with Crippen LogP contribution in [0.5, 0.6) is 0 Å². The predicted octanol–water partition coefficient (Wildman–Crippen LogP) is 2.36. The van der Waals surface area contributed by atoms with Crippen molar-refractivity contribution < 1.29 is 10.2 Å². The van der Waals surface area contributed by atoms with Crippen molar-refractivity contribution in [1.29, 1.82) is 0 Å². The molecule has 0 aliphatic heterocycles. The second kappa shape index (κ2) is 4.59. The van der Waals surface area contributed by atoms with Gasteiger partial charge in [-0.1, -0.05) is 17.7 Å². The van der Waals surface area contributed by atoms with Crippen LogP contribution in [0.3, 0.4) is 0 Å². The summed E-state index contributed by atoms with van der Waals surface area (Å²) >= 11 is 8.03. The van der Waals surface area contributed by atoms with Gasteiger partial charge in [0.1, 0.15) is 6.10 Å². The molecule has 0 bridgehead atoms. The summed E-state index contributed by atoms with van der Waals surface area (Å²) in [6.45, 7) is 1.53. The normalized spacial score (nSPS) is 15.5. The molecule has 0 saturated heterocycles. The van der Waals surface area contributed by atoms with Crippen LogP contribution in [0.4, 0.5) is 0 Å². The third-order valence-corrected chi connectivity index (χ3v) is 2.74. The average molecular weight is 313 g/mol. The van der Waals surface area contributed by atoms with Gasteiger partial charge in [-0.15, -0.1) is 0 Å². The zero-order chi connectivity index (χ0) is 10.0. The molecule has 0 unspecified atom stereocenters. The number of benzene rings is 1. The molecule has 0 heterocycles. The number of halogens is 2. The molecule has 0 aliphatic rings. The molecule has 1 rings (SSSR count). The summed E-state index contributed by atoms with van der Waals surface area (Å²) in [6.07, 6.45) is -1.72. The SMILES string of the molecule is C[C@@H](O)[C@H](O)c1ccc(I)cc1Cl. The highest BCUT2D eigenvalue weighted by Gasteiger charge is 2.16. The van der Waals surface area contributed by atoms with E-state index in [4.69, 9.17) is 16.7 Å². The van der Waals surface area contributed by atoms with Crippen molar-refractivity contribution in [3.05, 3.63) is 32.4 Å². The first kappa shape index (κ1) is 11.2. The van der Waals surface area contributed by atoms with Crippen LogP contribution in [0, 0.1) is 3.57 Å². The predicted molar refractivity (Wildman–Crippen MR) is 60.8 cm³/mol. The van der Waals surface area contributed by atoms with Gasteiger partial charge in [-0.05, 0) is 41.6 Å². The van der Waals surface area contributed by atoms with Gasteiger partial charge < -0.3 is 10.2 Å². The quantitative estimate of drug-likeness (QED) is 0.823. The summed E-state index contributed by atoms with van der Waals surface area (Å²) in [5, 5.41) is 19.2. The fourth-order valence-corrected chi connectivity index (χ4v) is 1.97. The molecule has 4 heteroatoms. The first-order valence-electron chi connectivity index (χ1n) is 3.83. The van der Waals surface area contributed by atoms with Crippen LogP contribution in [-0.2, 0) is 0 Å². The van der Waals surface area contributed by atoms with Gasteiger partial charge in [0.15, 0.2) is 0 Å². The zero-order valence-corrected chi connectivity index (χ0v) is 9.95. The molecule has 0 aromatic heterocycles. The van der Waals surface area contributed by atoms with Gasteiger partial charge in [-0.2, -0.15) is 0 Å². The van der Waals surface area contributed by atoms with E-state index < -0.39 is 12.2 Å². The van der Waals surface area contributed by atoms with Crippen LogP contribution in [0.1, 0.15) is 18.6 Å². The third kappa shape index (κ3) is 2.80. The van der Waals surface area contributed by atoms with E-state index in [1.54, 1.807) is 12.1 Å². The lowest BCUT2D eigenvalue weighted by Crippen LogP contribution is -2.14. The molecule has 2 N–H and O–H groups in total. The van der Waals surface area contributed by atoms with E-state index in [9.17, 15) is 5.11 Å². The zero-order valence-electron chi connectivity index (χ0n) is 7.04. The Kier molecular flexibility index (Phi) is 3.97. The van der Waals surface area contributed by atoms with E-state index in [-0.39, 0.29) is 0 Å². The molecule has 0 saturated carbocycles. The van der Waals surface area contributed by atoms with Gasteiger partial charge in [0.2, 0.25) is 0 Å².